The van der Waals surface area contributed by atoms with E-state index in [4.69, 9.17) is 0 Å². The normalized spacial score (nSPS) is 21.1. The molecule has 0 unspecified atom stereocenters. The highest BCUT2D eigenvalue weighted by molar-refractivity contribution is 9.10. The van der Waals surface area contributed by atoms with Gasteiger partial charge in [0, 0.05) is 37.6 Å². The molecule has 0 atom stereocenters. The Morgan fingerprint density at radius 1 is 1.25 bits per heavy atom. The van der Waals surface area contributed by atoms with Gasteiger partial charge in [0.25, 0.3) is 0 Å². The molecule has 0 spiro atoms. The number of hydrogen-bond acceptors (Lipinski definition) is 4. The summed E-state index contributed by atoms with van der Waals surface area (Å²) in [6.45, 7) is 7.50. The molecule has 0 aromatic carbocycles. The molecule has 1 aromatic rings. The lowest BCUT2D eigenvalue weighted by Gasteiger charge is -2.45. The Kier molecular flexibility index (Phi) is 3.17. The Morgan fingerprint density at radius 3 is 2.44 bits per heavy atom. The predicted molar refractivity (Wildman–Crippen MR) is 68.7 cm³/mol. The maximum Gasteiger partial charge on any atom is 0.225 e. The Labute approximate surface area is 105 Å². The number of rotatable bonds is 1. The number of anilines is 1. The second kappa shape index (κ2) is 4.30. The first-order chi connectivity index (χ1) is 7.49. The van der Waals surface area contributed by atoms with E-state index in [0.717, 1.165) is 30.1 Å². The van der Waals surface area contributed by atoms with Gasteiger partial charge in [-0.25, -0.2) is 9.97 Å². The molecule has 2 rings (SSSR count). The van der Waals surface area contributed by atoms with Crippen molar-refractivity contribution < 1.29 is 0 Å². The zero-order valence-corrected chi connectivity index (χ0v) is 11.5. The molecule has 4 nitrogen and oxygen atoms in total. The summed E-state index contributed by atoms with van der Waals surface area (Å²) in [6, 6.07) is 0. The molecule has 0 radical (unpaired) electrons. The maximum absolute atomic E-state index is 4.34. The van der Waals surface area contributed by atoms with Crippen molar-refractivity contribution in [1.82, 2.24) is 14.9 Å². The zero-order valence-electron chi connectivity index (χ0n) is 9.94. The first-order valence-corrected chi connectivity index (χ1v) is 6.22. The molecule has 0 saturated carbocycles. The Bertz CT molecular complexity index is 363. The van der Waals surface area contributed by atoms with E-state index in [2.05, 4.69) is 56.6 Å². The third-order valence-electron chi connectivity index (χ3n) is 3.21. The van der Waals surface area contributed by atoms with E-state index in [1.54, 1.807) is 12.4 Å². The number of nitrogens with zero attached hydrogens (tertiary/aromatic N) is 4. The summed E-state index contributed by atoms with van der Waals surface area (Å²) >= 11 is 3.35. The second-order valence-electron chi connectivity index (χ2n) is 4.86. The summed E-state index contributed by atoms with van der Waals surface area (Å²) in [5.74, 6) is 0.823. The van der Waals surface area contributed by atoms with Crippen molar-refractivity contribution in [2.45, 2.75) is 19.4 Å². The topological polar surface area (TPSA) is 32.3 Å². The van der Waals surface area contributed by atoms with Crippen LogP contribution < -0.4 is 4.90 Å². The molecule has 0 N–H and O–H groups in total. The average Bonchev–Trinajstić information content (AvgIpc) is 2.23. The van der Waals surface area contributed by atoms with Crippen molar-refractivity contribution in [3.63, 3.8) is 0 Å². The SMILES string of the molecule is CN1CCN(c2ncc(Br)cn2)CC1(C)C. The van der Waals surface area contributed by atoms with Gasteiger partial charge in [0.15, 0.2) is 0 Å². The second-order valence-corrected chi connectivity index (χ2v) is 5.77. The van der Waals surface area contributed by atoms with E-state index in [1.165, 1.54) is 0 Å². The lowest BCUT2D eigenvalue weighted by molar-refractivity contribution is 0.138. The summed E-state index contributed by atoms with van der Waals surface area (Å²) in [6.07, 6.45) is 3.60. The number of piperazine rings is 1. The van der Waals surface area contributed by atoms with Crippen LogP contribution in [0.1, 0.15) is 13.8 Å². The third-order valence-corrected chi connectivity index (χ3v) is 3.62. The quantitative estimate of drug-likeness (QED) is 0.787. The van der Waals surface area contributed by atoms with Gasteiger partial charge < -0.3 is 4.90 Å². The van der Waals surface area contributed by atoms with Gasteiger partial charge >= 0.3 is 0 Å². The Hall–Kier alpha value is -0.680. The average molecular weight is 285 g/mol. The molecule has 1 fully saturated rings. The molecule has 1 aliphatic heterocycles. The minimum atomic E-state index is 0.175. The van der Waals surface area contributed by atoms with Crippen molar-refractivity contribution in [3.8, 4) is 0 Å². The molecular formula is C11H17BrN4. The first-order valence-electron chi connectivity index (χ1n) is 5.43. The summed E-state index contributed by atoms with van der Waals surface area (Å²) < 4.78 is 0.921. The zero-order chi connectivity index (χ0) is 11.8. The molecule has 1 aromatic heterocycles. The van der Waals surface area contributed by atoms with Gasteiger partial charge in [-0.3, -0.25) is 4.90 Å². The standard InChI is InChI=1S/C11H17BrN4/c1-11(2)8-16(5-4-15(11)3)10-13-6-9(12)7-14-10/h6-7H,4-5,8H2,1-3H3. The van der Waals surface area contributed by atoms with Crippen LogP contribution in [0.25, 0.3) is 0 Å². The smallest absolute Gasteiger partial charge is 0.225 e. The number of likely N-dealkylation sites (N-methyl/N-ethyl adjacent to an activating group) is 1. The molecular weight excluding hydrogens is 268 g/mol. The van der Waals surface area contributed by atoms with Crippen LogP contribution in [0.2, 0.25) is 0 Å². The van der Waals surface area contributed by atoms with Crippen molar-refractivity contribution in [1.29, 1.82) is 0 Å². The van der Waals surface area contributed by atoms with Crippen LogP contribution in [0, 0.1) is 0 Å². The van der Waals surface area contributed by atoms with E-state index in [0.29, 0.717) is 0 Å². The maximum atomic E-state index is 4.34. The Morgan fingerprint density at radius 2 is 1.88 bits per heavy atom. The highest BCUT2D eigenvalue weighted by Gasteiger charge is 2.31. The lowest BCUT2D eigenvalue weighted by Crippen LogP contribution is -2.58. The van der Waals surface area contributed by atoms with Crippen molar-refractivity contribution in [2.75, 3.05) is 31.6 Å². The molecule has 16 heavy (non-hydrogen) atoms. The molecule has 1 aliphatic rings. The van der Waals surface area contributed by atoms with Crippen molar-refractivity contribution in [3.05, 3.63) is 16.9 Å². The van der Waals surface area contributed by atoms with E-state index < -0.39 is 0 Å². The Balaban J connectivity index is 2.14. The van der Waals surface area contributed by atoms with Gasteiger partial charge in [-0.1, -0.05) is 0 Å². The molecule has 2 heterocycles. The van der Waals surface area contributed by atoms with Crippen LogP contribution in [0.15, 0.2) is 16.9 Å². The van der Waals surface area contributed by atoms with E-state index >= 15 is 0 Å². The predicted octanol–water partition coefficient (Wildman–Crippen LogP) is 1.77. The number of hydrogen-bond donors (Lipinski definition) is 0. The summed E-state index contributed by atoms with van der Waals surface area (Å²) in [5.41, 5.74) is 0.175. The molecule has 0 bridgehead atoms. The van der Waals surface area contributed by atoms with Crippen LogP contribution in [-0.4, -0.2) is 47.1 Å². The lowest BCUT2D eigenvalue weighted by atomic mass is 10.0. The molecule has 88 valence electrons. The molecule has 1 saturated heterocycles. The molecule has 5 heteroatoms. The number of halogens is 1. The monoisotopic (exact) mass is 284 g/mol. The van der Waals surface area contributed by atoms with Crippen LogP contribution >= 0.6 is 15.9 Å². The summed E-state index contributed by atoms with van der Waals surface area (Å²) in [4.78, 5) is 13.3. The van der Waals surface area contributed by atoms with Crippen LogP contribution in [0.4, 0.5) is 5.95 Å². The van der Waals surface area contributed by atoms with Gasteiger partial charge in [-0.15, -0.1) is 0 Å². The van der Waals surface area contributed by atoms with Crippen LogP contribution in [-0.2, 0) is 0 Å². The summed E-state index contributed by atoms with van der Waals surface area (Å²) in [5, 5.41) is 0. The third kappa shape index (κ3) is 2.35. The first kappa shape index (κ1) is 11.8. The van der Waals surface area contributed by atoms with Gasteiger partial charge in [0.05, 0.1) is 4.47 Å². The van der Waals surface area contributed by atoms with Crippen molar-refractivity contribution >= 4 is 21.9 Å². The molecule has 0 aliphatic carbocycles. The largest absolute Gasteiger partial charge is 0.338 e. The fourth-order valence-corrected chi connectivity index (χ4v) is 2.08. The van der Waals surface area contributed by atoms with Gasteiger partial charge in [-0.2, -0.15) is 0 Å². The summed E-state index contributed by atoms with van der Waals surface area (Å²) in [7, 11) is 2.17. The van der Waals surface area contributed by atoms with Gasteiger partial charge in [0.2, 0.25) is 5.95 Å². The number of aromatic nitrogens is 2. The highest BCUT2D eigenvalue weighted by Crippen LogP contribution is 2.22. The van der Waals surface area contributed by atoms with E-state index in [1.807, 2.05) is 0 Å². The van der Waals surface area contributed by atoms with Gasteiger partial charge in [-0.05, 0) is 36.8 Å². The fourth-order valence-electron chi connectivity index (χ4n) is 1.88. The van der Waals surface area contributed by atoms with E-state index in [9.17, 15) is 0 Å². The van der Waals surface area contributed by atoms with Gasteiger partial charge in [0.1, 0.15) is 0 Å². The minimum Gasteiger partial charge on any atom is -0.338 e. The molecule has 0 amide bonds. The van der Waals surface area contributed by atoms with Crippen LogP contribution in [0.5, 0.6) is 0 Å². The highest BCUT2D eigenvalue weighted by atomic mass is 79.9. The van der Waals surface area contributed by atoms with Crippen molar-refractivity contribution in [2.24, 2.45) is 0 Å². The van der Waals surface area contributed by atoms with E-state index in [-0.39, 0.29) is 5.54 Å². The minimum absolute atomic E-state index is 0.175. The fraction of sp³-hybridized carbons (Fsp3) is 0.636. The van der Waals surface area contributed by atoms with Crippen LogP contribution in [0.3, 0.4) is 0 Å².